The van der Waals surface area contributed by atoms with Gasteiger partial charge in [0.15, 0.2) is 0 Å². The van der Waals surface area contributed by atoms with Crippen LogP contribution >= 0.6 is 0 Å². The van der Waals surface area contributed by atoms with Gasteiger partial charge in [0.05, 0.1) is 4.92 Å². The van der Waals surface area contributed by atoms with Crippen molar-refractivity contribution in [1.29, 1.82) is 0 Å². The van der Waals surface area contributed by atoms with Crippen molar-refractivity contribution in [3.8, 4) is 0 Å². The fourth-order valence-electron chi connectivity index (χ4n) is 2.15. The smallest absolute Gasteiger partial charge is 0.269 e. The van der Waals surface area contributed by atoms with Gasteiger partial charge in [-0.3, -0.25) is 10.1 Å². The Bertz CT molecular complexity index is 403. The number of non-ortho nitro benzene ring substituents is 1. The molecule has 1 aromatic rings. The maximum Gasteiger partial charge on any atom is 0.269 e. The van der Waals surface area contributed by atoms with Gasteiger partial charge in [0, 0.05) is 31.9 Å². The molecule has 98 valence electrons. The van der Waals surface area contributed by atoms with Crippen LogP contribution in [0.3, 0.4) is 0 Å². The third-order valence-electron chi connectivity index (χ3n) is 3.22. The van der Waals surface area contributed by atoms with Gasteiger partial charge in [0.25, 0.3) is 5.69 Å². The summed E-state index contributed by atoms with van der Waals surface area (Å²) >= 11 is 0. The molecule has 0 aromatic heterocycles. The van der Waals surface area contributed by atoms with E-state index in [0.29, 0.717) is 12.5 Å². The van der Waals surface area contributed by atoms with Crippen molar-refractivity contribution in [1.82, 2.24) is 5.32 Å². The first-order valence-corrected chi connectivity index (χ1v) is 6.27. The summed E-state index contributed by atoms with van der Waals surface area (Å²) in [5, 5.41) is 14.0. The van der Waals surface area contributed by atoms with E-state index in [9.17, 15) is 10.1 Å². The van der Waals surface area contributed by atoms with Crippen LogP contribution in [0.25, 0.3) is 0 Å². The topological polar surface area (TPSA) is 64.4 Å². The lowest BCUT2D eigenvalue weighted by Gasteiger charge is -2.22. The number of nitro benzene ring substituents is 1. The fraction of sp³-hybridized carbons (Fsp3) is 0.538. The molecule has 1 saturated heterocycles. The van der Waals surface area contributed by atoms with Gasteiger partial charge in [-0.15, -0.1) is 0 Å². The second-order valence-corrected chi connectivity index (χ2v) is 4.61. The zero-order valence-electron chi connectivity index (χ0n) is 10.3. The van der Waals surface area contributed by atoms with E-state index in [-0.39, 0.29) is 10.6 Å². The highest BCUT2D eigenvalue weighted by Gasteiger charge is 2.13. The van der Waals surface area contributed by atoms with Gasteiger partial charge in [0.1, 0.15) is 0 Å². The Labute approximate surface area is 106 Å². The molecule has 1 heterocycles. The zero-order chi connectivity index (χ0) is 12.8. The second-order valence-electron chi connectivity index (χ2n) is 4.61. The minimum absolute atomic E-state index is 0.153. The van der Waals surface area contributed by atoms with Gasteiger partial charge in [0.2, 0.25) is 0 Å². The summed E-state index contributed by atoms with van der Waals surface area (Å²) in [5.41, 5.74) is 1.11. The first kappa shape index (κ1) is 13.0. The van der Waals surface area contributed by atoms with Crippen molar-refractivity contribution in [3.63, 3.8) is 0 Å². The third kappa shape index (κ3) is 3.78. The third-order valence-corrected chi connectivity index (χ3v) is 3.22. The summed E-state index contributed by atoms with van der Waals surface area (Å²) in [6, 6.07) is 6.77. The van der Waals surface area contributed by atoms with Crippen molar-refractivity contribution in [3.05, 3.63) is 39.9 Å². The first-order valence-electron chi connectivity index (χ1n) is 6.27. The van der Waals surface area contributed by atoms with Crippen LogP contribution in [-0.4, -0.2) is 24.7 Å². The molecule has 1 aliphatic rings. The molecular weight excluding hydrogens is 232 g/mol. The molecule has 18 heavy (non-hydrogen) atoms. The predicted molar refractivity (Wildman–Crippen MR) is 68.3 cm³/mol. The van der Waals surface area contributed by atoms with Crippen molar-refractivity contribution in [2.45, 2.75) is 19.4 Å². The van der Waals surface area contributed by atoms with Crippen molar-refractivity contribution < 1.29 is 9.66 Å². The highest BCUT2D eigenvalue weighted by atomic mass is 16.6. The second kappa shape index (κ2) is 6.47. The molecule has 0 unspecified atom stereocenters. The molecule has 0 spiro atoms. The van der Waals surface area contributed by atoms with Crippen LogP contribution in [0.2, 0.25) is 0 Å². The van der Waals surface area contributed by atoms with Gasteiger partial charge in [-0.05, 0) is 30.9 Å². The molecule has 1 aromatic carbocycles. The lowest BCUT2D eigenvalue weighted by Crippen LogP contribution is -2.27. The van der Waals surface area contributed by atoms with Crippen molar-refractivity contribution in [2.75, 3.05) is 19.8 Å². The van der Waals surface area contributed by atoms with Crippen LogP contribution in [-0.2, 0) is 11.3 Å². The first-order chi connectivity index (χ1) is 8.75. The number of nitrogens with one attached hydrogen (secondary N) is 1. The lowest BCUT2D eigenvalue weighted by atomic mass is 10.0. The highest BCUT2D eigenvalue weighted by molar-refractivity contribution is 5.34. The molecular formula is C13H18N2O3. The van der Waals surface area contributed by atoms with E-state index in [2.05, 4.69) is 5.32 Å². The van der Waals surface area contributed by atoms with E-state index < -0.39 is 0 Å². The maximum absolute atomic E-state index is 10.6. The Morgan fingerprint density at radius 2 is 2.17 bits per heavy atom. The summed E-state index contributed by atoms with van der Waals surface area (Å²) in [4.78, 5) is 10.3. The molecule has 0 amide bonds. The molecule has 0 aliphatic carbocycles. The number of ether oxygens (including phenoxy) is 1. The maximum atomic E-state index is 10.6. The Kier molecular flexibility index (Phi) is 4.66. The van der Waals surface area contributed by atoms with Crippen LogP contribution < -0.4 is 5.32 Å². The normalized spacial score (nSPS) is 16.7. The average Bonchev–Trinajstić information content (AvgIpc) is 2.40. The van der Waals surface area contributed by atoms with E-state index in [1.807, 2.05) is 6.07 Å². The Balaban J connectivity index is 1.78. The fourth-order valence-corrected chi connectivity index (χ4v) is 2.15. The summed E-state index contributed by atoms with van der Waals surface area (Å²) in [5.74, 6) is 0.664. The lowest BCUT2D eigenvalue weighted by molar-refractivity contribution is -0.384. The van der Waals surface area contributed by atoms with Crippen molar-refractivity contribution >= 4 is 5.69 Å². The van der Waals surface area contributed by atoms with Gasteiger partial charge in [-0.2, -0.15) is 0 Å². The van der Waals surface area contributed by atoms with Gasteiger partial charge < -0.3 is 10.1 Å². The number of nitrogens with zero attached hydrogens (tertiary/aromatic N) is 1. The highest BCUT2D eigenvalue weighted by Crippen LogP contribution is 2.15. The number of nitro groups is 1. The van der Waals surface area contributed by atoms with Gasteiger partial charge in [-0.1, -0.05) is 12.1 Å². The van der Waals surface area contributed by atoms with Crippen LogP contribution in [0, 0.1) is 16.0 Å². The van der Waals surface area contributed by atoms with E-state index in [0.717, 1.165) is 38.2 Å². The predicted octanol–water partition coefficient (Wildman–Crippen LogP) is 2.11. The number of hydrogen-bond donors (Lipinski definition) is 1. The minimum Gasteiger partial charge on any atom is -0.381 e. The Hall–Kier alpha value is -1.46. The standard InChI is InChI=1S/C13H18N2O3/c16-15(17)13-3-1-2-12(8-13)10-14-9-11-4-6-18-7-5-11/h1-3,8,11,14H,4-7,9-10H2. The summed E-state index contributed by atoms with van der Waals surface area (Å²) in [7, 11) is 0. The SMILES string of the molecule is O=[N+]([O-])c1cccc(CNCC2CCOCC2)c1. The molecule has 1 fully saturated rings. The summed E-state index contributed by atoms with van der Waals surface area (Å²) in [6.45, 7) is 3.33. The molecule has 2 rings (SSSR count). The largest absolute Gasteiger partial charge is 0.381 e. The van der Waals surface area contributed by atoms with Crippen LogP contribution in [0.5, 0.6) is 0 Å². The Morgan fingerprint density at radius 3 is 2.89 bits per heavy atom. The van der Waals surface area contributed by atoms with E-state index in [1.165, 1.54) is 6.07 Å². The molecule has 5 nitrogen and oxygen atoms in total. The number of hydrogen-bond acceptors (Lipinski definition) is 4. The van der Waals surface area contributed by atoms with Gasteiger partial charge >= 0.3 is 0 Å². The minimum atomic E-state index is -0.359. The average molecular weight is 250 g/mol. The molecule has 1 aliphatic heterocycles. The molecule has 0 radical (unpaired) electrons. The monoisotopic (exact) mass is 250 g/mol. The number of benzene rings is 1. The van der Waals surface area contributed by atoms with Crippen LogP contribution in [0.15, 0.2) is 24.3 Å². The van der Waals surface area contributed by atoms with Crippen LogP contribution in [0.1, 0.15) is 18.4 Å². The van der Waals surface area contributed by atoms with Gasteiger partial charge in [-0.25, -0.2) is 0 Å². The quantitative estimate of drug-likeness (QED) is 0.642. The van der Waals surface area contributed by atoms with E-state index in [1.54, 1.807) is 12.1 Å². The number of rotatable bonds is 5. The Morgan fingerprint density at radius 1 is 1.39 bits per heavy atom. The molecule has 1 N–H and O–H groups in total. The zero-order valence-corrected chi connectivity index (χ0v) is 10.3. The molecule has 0 atom stereocenters. The molecule has 0 bridgehead atoms. The summed E-state index contributed by atoms with van der Waals surface area (Å²) < 4.78 is 5.30. The molecule has 5 heteroatoms. The molecule has 0 saturated carbocycles. The van der Waals surface area contributed by atoms with Crippen molar-refractivity contribution in [2.24, 2.45) is 5.92 Å². The van der Waals surface area contributed by atoms with Crippen LogP contribution in [0.4, 0.5) is 5.69 Å². The van der Waals surface area contributed by atoms with E-state index in [4.69, 9.17) is 4.74 Å². The van der Waals surface area contributed by atoms with E-state index >= 15 is 0 Å². The summed E-state index contributed by atoms with van der Waals surface area (Å²) in [6.07, 6.45) is 2.20.